The second-order valence-corrected chi connectivity index (χ2v) is 12.3. The number of fused-ring (bicyclic) bond motifs is 1. The molecule has 0 bridgehead atoms. The molecule has 0 spiro atoms. The quantitative estimate of drug-likeness (QED) is 0.116. The summed E-state index contributed by atoms with van der Waals surface area (Å²) in [5.41, 5.74) is 2.99. The number of ether oxygens (including phenoxy) is 1. The van der Waals surface area contributed by atoms with Crippen LogP contribution >= 0.6 is 11.6 Å². The summed E-state index contributed by atoms with van der Waals surface area (Å²) in [5.74, 6) is 2.17. The van der Waals surface area contributed by atoms with E-state index in [0.29, 0.717) is 52.5 Å². The van der Waals surface area contributed by atoms with E-state index in [0.717, 1.165) is 16.5 Å². The molecule has 2 heterocycles. The molecule has 0 fully saturated rings. The third kappa shape index (κ3) is 9.37. The normalized spacial score (nSPS) is 11.1. The summed E-state index contributed by atoms with van der Waals surface area (Å²) in [6, 6.07) is 21.0. The molecule has 11 heteroatoms. The average molecular weight is 623 g/mol. The van der Waals surface area contributed by atoms with Crippen molar-refractivity contribution in [2.75, 3.05) is 23.9 Å². The van der Waals surface area contributed by atoms with Crippen LogP contribution in [0.2, 0.25) is 5.02 Å². The van der Waals surface area contributed by atoms with E-state index in [9.17, 15) is 12.8 Å². The van der Waals surface area contributed by atoms with E-state index in [1.54, 1.807) is 30.3 Å². The number of halogens is 2. The van der Waals surface area contributed by atoms with Crippen molar-refractivity contribution >= 4 is 43.8 Å². The Morgan fingerprint density at radius 1 is 1.07 bits per heavy atom. The molecule has 0 unspecified atom stereocenters. The van der Waals surface area contributed by atoms with Gasteiger partial charge in [0.05, 0.1) is 22.8 Å². The van der Waals surface area contributed by atoms with Crippen molar-refractivity contribution in [2.24, 2.45) is 0 Å². The van der Waals surface area contributed by atoms with Crippen molar-refractivity contribution in [3.8, 4) is 17.1 Å². The highest BCUT2D eigenvalue weighted by Crippen LogP contribution is 2.32. The molecule has 0 amide bonds. The fourth-order valence-corrected chi connectivity index (χ4v) is 4.78. The van der Waals surface area contributed by atoms with Gasteiger partial charge in [0.2, 0.25) is 0 Å². The Bertz CT molecular complexity index is 1810. The molecular weight excluding hydrogens is 591 g/mol. The smallest absolute Gasteiger partial charge is 0.148 e. The van der Waals surface area contributed by atoms with E-state index in [4.69, 9.17) is 20.8 Å². The molecule has 0 atom stereocenters. The molecular formula is C32H32ClFN4O4S. The minimum atomic E-state index is -3.02. The first-order chi connectivity index (χ1) is 20.6. The third-order valence-electron chi connectivity index (χ3n) is 6.01. The lowest BCUT2D eigenvalue weighted by molar-refractivity contribution is 0.306. The topological polar surface area (TPSA) is 106 Å². The number of hydrogen-bond acceptors (Lipinski definition) is 8. The molecule has 2 aromatic heterocycles. The van der Waals surface area contributed by atoms with Crippen LogP contribution in [0.25, 0.3) is 22.2 Å². The van der Waals surface area contributed by atoms with E-state index in [2.05, 4.69) is 27.2 Å². The van der Waals surface area contributed by atoms with Gasteiger partial charge in [-0.25, -0.2) is 22.8 Å². The molecule has 5 rings (SSSR count). The van der Waals surface area contributed by atoms with Gasteiger partial charge in [0.15, 0.2) is 0 Å². The van der Waals surface area contributed by atoms with Gasteiger partial charge in [-0.05, 0) is 73.2 Å². The first-order valence-electron chi connectivity index (χ1n) is 13.4. The highest BCUT2D eigenvalue weighted by atomic mass is 35.5. The first-order valence-corrected chi connectivity index (χ1v) is 15.8. The summed E-state index contributed by atoms with van der Waals surface area (Å²) in [4.78, 5) is 8.80. The molecule has 0 aliphatic rings. The van der Waals surface area contributed by atoms with Crippen LogP contribution in [-0.4, -0.2) is 36.9 Å². The summed E-state index contributed by atoms with van der Waals surface area (Å²) in [6.07, 6.45) is 4.44. The summed E-state index contributed by atoms with van der Waals surface area (Å²) in [6.45, 7) is 6.21. The highest BCUT2D eigenvalue weighted by molar-refractivity contribution is 7.90. The fourth-order valence-electron chi connectivity index (χ4n) is 4.03. The van der Waals surface area contributed by atoms with Gasteiger partial charge in [0.1, 0.15) is 51.7 Å². The van der Waals surface area contributed by atoms with Gasteiger partial charge in [-0.3, -0.25) is 0 Å². The molecule has 0 saturated heterocycles. The van der Waals surface area contributed by atoms with Crippen molar-refractivity contribution in [1.82, 2.24) is 15.3 Å². The van der Waals surface area contributed by atoms with Crippen LogP contribution in [0.5, 0.6) is 5.75 Å². The van der Waals surface area contributed by atoms with Gasteiger partial charge in [-0.1, -0.05) is 29.8 Å². The van der Waals surface area contributed by atoms with Crippen LogP contribution in [0.3, 0.4) is 0 Å². The summed E-state index contributed by atoms with van der Waals surface area (Å²) >= 11 is 6.47. The van der Waals surface area contributed by atoms with E-state index in [-0.39, 0.29) is 18.2 Å². The predicted octanol–water partition coefficient (Wildman–Crippen LogP) is 7.33. The van der Waals surface area contributed by atoms with Gasteiger partial charge in [-0.15, -0.1) is 6.58 Å². The lowest BCUT2D eigenvalue weighted by atomic mass is 10.1. The molecule has 5 aromatic rings. The van der Waals surface area contributed by atoms with Crippen molar-refractivity contribution in [3.05, 3.63) is 114 Å². The number of rotatable bonds is 11. The number of anilines is 2. The van der Waals surface area contributed by atoms with Gasteiger partial charge >= 0.3 is 0 Å². The Kier molecular flexibility index (Phi) is 10.9. The number of benzene rings is 3. The maximum Gasteiger partial charge on any atom is 0.148 e. The number of hydrogen-bond donors (Lipinski definition) is 2. The molecule has 2 N–H and O–H groups in total. The Hall–Kier alpha value is -4.25. The lowest BCUT2D eigenvalue weighted by Gasteiger charge is -2.12. The maximum atomic E-state index is 13.4. The van der Waals surface area contributed by atoms with E-state index in [1.807, 2.05) is 43.3 Å². The molecule has 3 aromatic carbocycles. The number of sulfone groups is 1. The van der Waals surface area contributed by atoms with Crippen molar-refractivity contribution in [1.29, 1.82) is 0 Å². The van der Waals surface area contributed by atoms with Gasteiger partial charge in [0.25, 0.3) is 0 Å². The zero-order chi connectivity index (χ0) is 30.8. The summed E-state index contributed by atoms with van der Waals surface area (Å²) in [7, 11) is -3.02. The SMILES string of the molecule is C=CC.CS(=O)(=O)CCNCc1ccc(-c2ccc3ncnc(Nc4ccc(OCc5cccc(F)c5)c(Cl)c4)c3c2)o1. The summed E-state index contributed by atoms with van der Waals surface area (Å²) < 4.78 is 47.8. The average Bonchev–Trinajstić information content (AvgIpc) is 3.44. The number of furan rings is 1. The van der Waals surface area contributed by atoms with E-state index in [1.165, 1.54) is 24.7 Å². The second-order valence-electron chi connectivity index (χ2n) is 9.62. The largest absolute Gasteiger partial charge is 0.487 e. The second kappa shape index (κ2) is 14.8. The van der Waals surface area contributed by atoms with Gasteiger partial charge in [-0.2, -0.15) is 0 Å². The van der Waals surface area contributed by atoms with Gasteiger partial charge in [0, 0.05) is 29.4 Å². The minimum Gasteiger partial charge on any atom is -0.487 e. The van der Waals surface area contributed by atoms with Crippen LogP contribution in [0.15, 0.2) is 96.2 Å². The van der Waals surface area contributed by atoms with Gasteiger partial charge < -0.3 is 19.8 Å². The zero-order valence-corrected chi connectivity index (χ0v) is 25.4. The molecule has 43 heavy (non-hydrogen) atoms. The molecule has 224 valence electrons. The molecule has 0 saturated carbocycles. The highest BCUT2D eigenvalue weighted by Gasteiger charge is 2.11. The van der Waals surface area contributed by atoms with E-state index < -0.39 is 9.84 Å². The maximum absolute atomic E-state index is 13.4. The standard InChI is InChI=1S/C29H26ClFN4O4S.C3H6/c1-40(36,37)12-11-32-16-23-7-10-27(39-23)20-5-8-26-24(14-20)29(34-18-33-26)35-22-6-9-28(25(30)15-22)38-17-19-3-2-4-21(31)13-19;1-3-2/h2-10,13-15,18,32H,11-12,16-17H2,1H3,(H,33,34,35);3H,1H2,2H3. The van der Waals surface area contributed by atoms with Crippen molar-refractivity contribution < 1.29 is 22.0 Å². The van der Waals surface area contributed by atoms with Crippen LogP contribution in [-0.2, 0) is 23.0 Å². The molecule has 0 radical (unpaired) electrons. The number of nitrogens with one attached hydrogen (secondary N) is 2. The third-order valence-corrected chi connectivity index (χ3v) is 7.25. The molecule has 0 aliphatic heterocycles. The molecule has 8 nitrogen and oxygen atoms in total. The first kappa shape index (κ1) is 31.7. The number of allylic oxidation sites excluding steroid dienone is 1. The zero-order valence-electron chi connectivity index (χ0n) is 23.8. The Balaban J connectivity index is 0.00000135. The fraction of sp³-hybridized carbons (Fsp3) is 0.188. The molecule has 0 aliphatic carbocycles. The van der Waals surface area contributed by atoms with Crippen molar-refractivity contribution in [2.45, 2.75) is 20.1 Å². The van der Waals surface area contributed by atoms with Crippen molar-refractivity contribution in [3.63, 3.8) is 0 Å². The summed E-state index contributed by atoms with van der Waals surface area (Å²) in [5, 5.41) is 7.56. The van der Waals surface area contributed by atoms with Crippen LogP contribution in [0.4, 0.5) is 15.9 Å². The Morgan fingerprint density at radius 3 is 2.63 bits per heavy atom. The van der Waals surface area contributed by atoms with Crippen LogP contribution in [0.1, 0.15) is 18.2 Å². The Labute approximate surface area is 255 Å². The predicted molar refractivity (Wildman–Crippen MR) is 170 cm³/mol. The van der Waals surface area contributed by atoms with Crippen LogP contribution < -0.4 is 15.4 Å². The minimum absolute atomic E-state index is 0.0664. The monoisotopic (exact) mass is 622 g/mol. The van der Waals surface area contributed by atoms with E-state index >= 15 is 0 Å². The van der Waals surface area contributed by atoms with Crippen LogP contribution in [0, 0.1) is 5.82 Å². The Morgan fingerprint density at radius 2 is 1.88 bits per heavy atom. The lowest BCUT2D eigenvalue weighted by Crippen LogP contribution is -2.21. The number of aromatic nitrogens is 2. The number of nitrogens with zero attached hydrogens (tertiary/aromatic N) is 2.